The molecular formula is C13H17ClN2O3. The summed E-state index contributed by atoms with van der Waals surface area (Å²) in [4.78, 5) is 29.1. The molecule has 1 amide bonds. The number of pyridine rings is 1. The summed E-state index contributed by atoms with van der Waals surface area (Å²) in [5.41, 5.74) is 0.391. The van der Waals surface area contributed by atoms with E-state index in [1.54, 1.807) is 13.0 Å². The molecule has 1 heterocycles. The predicted octanol–water partition coefficient (Wildman–Crippen LogP) is 2.15. The van der Waals surface area contributed by atoms with Crippen molar-refractivity contribution in [3.05, 3.63) is 29.0 Å². The number of hydrogen-bond donors (Lipinski definition) is 0. The molecule has 0 fully saturated rings. The molecule has 0 aliphatic heterocycles. The van der Waals surface area contributed by atoms with Crippen molar-refractivity contribution in [3.63, 3.8) is 0 Å². The van der Waals surface area contributed by atoms with E-state index in [1.165, 1.54) is 17.2 Å². The predicted molar refractivity (Wildman–Crippen MR) is 72.1 cm³/mol. The van der Waals surface area contributed by atoms with Crippen LogP contribution in [0.15, 0.2) is 18.3 Å². The van der Waals surface area contributed by atoms with Crippen molar-refractivity contribution < 1.29 is 14.3 Å². The SMILES string of the molecule is CCOC(=O)CN(C(=O)c1ccc(Cl)nc1)C(C)C. The van der Waals surface area contributed by atoms with Crippen molar-refractivity contribution in [2.45, 2.75) is 26.8 Å². The van der Waals surface area contributed by atoms with E-state index in [2.05, 4.69) is 4.98 Å². The lowest BCUT2D eigenvalue weighted by Gasteiger charge is -2.25. The highest BCUT2D eigenvalue weighted by Gasteiger charge is 2.22. The Balaban J connectivity index is 2.84. The Kier molecular flexibility index (Phi) is 5.76. The maximum atomic E-state index is 12.3. The number of carbonyl (C=O) groups is 2. The average molecular weight is 285 g/mol. The van der Waals surface area contributed by atoms with Crippen LogP contribution in [0.5, 0.6) is 0 Å². The third-order valence-corrected chi connectivity index (χ3v) is 2.69. The molecule has 5 nitrogen and oxygen atoms in total. The molecule has 0 aliphatic rings. The number of halogens is 1. The molecule has 0 aromatic carbocycles. The van der Waals surface area contributed by atoms with Crippen LogP contribution in [0.2, 0.25) is 5.15 Å². The maximum absolute atomic E-state index is 12.3. The van der Waals surface area contributed by atoms with Gasteiger partial charge in [0, 0.05) is 12.2 Å². The zero-order chi connectivity index (χ0) is 14.4. The monoisotopic (exact) mass is 284 g/mol. The first-order chi connectivity index (χ1) is 8.95. The van der Waals surface area contributed by atoms with E-state index >= 15 is 0 Å². The van der Waals surface area contributed by atoms with E-state index in [0.717, 1.165) is 0 Å². The van der Waals surface area contributed by atoms with Crippen LogP contribution >= 0.6 is 11.6 Å². The number of aromatic nitrogens is 1. The van der Waals surface area contributed by atoms with Gasteiger partial charge in [0.1, 0.15) is 11.7 Å². The normalized spacial score (nSPS) is 10.4. The van der Waals surface area contributed by atoms with Gasteiger partial charge in [0.05, 0.1) is 12.2 Å². The van der Waals surface area contributed by atoms with Crippen molar-refractivity contribution in [1.82, 2.24) is 9.88 Å². The van der Waals surface area contributed by atoms with Gasteiger partial charge in [0.15, 0.2) is 0 Å². The molecule has 0 N–H and O–H groups in total. The summed E-state index contributed by atoms with van der Waals surface area (Å²) in [5.74, 6) is -0.696. The molecule has 0 bridgehead atoms. The zero-order valence-electron chi connectivity index (χ0n) is 11.2. The topological polar surface area (TPSA) is 59.5 Å². The van der Waals surface area contributed by atoms with E-state index in [4.69, 9.17) is 16.3 Å². The zero-order valence-corrected chi connectivity index (χ0v) is 12.0. The van der Waals surface area contributed by atoms with E-state index < -0.39 is 5.97 Å². The highest BCUT2D eigenvalue weighted by atomic mass is 35.5. The Bertz CT molecular complexity index is 446. The Morgan fingerprint density at radius 3 is 2.58 bits per heavy atom. The van der Waals surface area contributed by atoms with E-state index in [0.29, 0.717) is 17.3 Å². The molecular weight excluding hydrogens is 268 g/mol. The fraction of sp³-hybridized carbons (Fsp3) is 0.462. The summed E-state index contributed by atoms with van der Waals surface area (Å²) < 4.78 is 4.86. The fourth-order valence-corrected chi connectivity index (χ4v) is 1.61. The third kappa shape index (κ3) is 4.52. The molecule has 19 heavy (non-hydrogen) atoms. The molecule has 1 rings (SSSR count). The summed E-state index contributed by atoms with van der Waals surface area (Å²) in [6.45, 7) is 5.61. The quantitative estimate of drug-likeness (QED) is 0.614. The van der Waals surface area contributed by atoms with Gasteiger partial charge in [-0.3, -0.25) is 9.59 Å². The second-order valence-corrected chi connectivity index (χ2v) is 4.59. The van der Waals surface area contributed by atoms with Crippen LogP contribution in [0.25, 0.3) is 0 Å². The smallest absolute Gasteiger partial charge is 0.325 e. The summed E-state index contributed by atoms with van der Waals surface area (Å²) in [5, 5.41) is 0.318. The largest absolute Gasteiger partial charge is 0.465 e. The summed E-state index contributed by atoms with van der Waals surface area (Å²) in [6, 6.07) is 3.00. The van der Waals surface area contributed by atoms with Gasteiger partial charge in [0.25, 0.3) is 5.91 Å². The highest BCUT2D eigenvalue weighted by molar-refractivity contribution is 6.29. The Morgan fingerprint density at radius 2 is 2.11 bits per heavy atom. The van der Waals surface area contributed by atoms with Crippen molar-refractivity contribution in [2.24, 2.45) is 0 Å². The van der Waals surface area contributed by atoms with Crippen molar-refractivity contribution >= 4 is 23.5 Å². The van der Waals surface area contributed by atoms with E-state index in [1.807, 2.05) is 13.8 Å². The van der Waals surface area contributed by atoms with Crippen molar-refractivity contribution in [2.75, 3.05) is 13.2 Å². The average Bonchev–Trinajstić information content (AvgIpc) is 2.36. The molecule has 104 valence electrons. The number of carbonyl (C=O) groups excluding carboxylic acids is 2. The lowest BCUT2D eigenvalue weighted by atomic mass is 10.2. The van der Waals surface area contributed by atoms with Crippen molar-refractivity contribution in [3.8, 4) is 0 Å². The van der Waals surface area contributed by atoms with Gasteiger partial charge >= 0.3 is 5.97 Å². The van der Waals surface area contributed by atoms with Gasteiger partial charge in [-0.2, -0.15) is 0 Å². The first-order valence-corrected chi connectivity index (χ1v) is 6.41. The van der Waals surface area contributed by atoms with Crippen LogP contribution in [0.3, 0.4) is 0 Å². The number of amides is 1. The number of nitrogens with zero attached hydrogens (tertiary/aromatic N) is 2. The molecule has 0 spiro atoms. The molecule has 0 radical (unpaired) electrons. The minimum atomic E-state index is -0.425. The minimum Gasteiger partial charge on any atom is -0.465 e. The molecule has 1 aromatic rings. The second kappa shape index (κ2) is 7.09. The van der Waals surface area contributed by atoms with Crippen LogP contribution in [0, 0.1) is 0 Å². The Hall–Kier alpha value is -1.62. The van der Waals surface area contributed by atoms with Gasteiger partial charge in [-0.25, -0.2) is 4.98 Å². The lowest BCUT2D eigenvalue weighted by Crippen LogP contribution is -2.41. The minimum absolute atomic E-state index is 0.0764. The molecule has 6 heteroatoms. The first kappa shape index (κ1) is 15.4. The first-order valence-electron chi connectivity index (χ1n) is 6.03. The van der Waals surface area contributed by atoms with Crippen LogP contribution in [0.1, 0.15) is 31.1 Å². The molecule has 0 saturated heterocycles. The van der Waals surface area contributed by atoms with Gasteiger partial charge < -0.3 is 9.64 Å². The van der Waals surface area contributed by atoms with Gasteiger partial charge in [-0.05, 0) is 32.9 Å². The van der Waals surface area contributed by atoms with Crippen LogP contribution in [-0.2, 0) is 9.53 Å². The van der Waals surface area contributed by atoms with Crippen molar-refractivity contribution in [1.29, 1.82) is 0 Å². The van der Waals surface area contributed by atoms with Crippen LogP contribution in [0.4, 0.5) is 0 Å². The van der Waals surface area contributed by atoms with Gasteiger partial charge in [-0.15, -0.1) is 0 Å². The summed E-state index contributed by atoms with van der Waals surface area (Å²) in [7, 11) is 0. The van der Waals surface area contributed by atoms with Gasteiger partial charge in [0.2, 0.25) is 0 Å². The lowest BCUT2D eigenvalue weighted by molar-refractivity contribution is -0.144. The van der Waals surface area contributed by atoms with Crippen LogP contribution < -0.4 is 0 Å². The highest BCUT2D eigenvalue weighted by Crippen LogP contribution is 2.10. The maximum Gasteiger partial charge on any atom is 0.325 e. The number of hydrogen-bond acceptors (Lipinski definition) is 4. The molecule has 0 atom stereocenters. The molecule has 0 unspecified atom stereocenters. The number of ether oxygens (including phenoxy) is 1. The Labute approximate surface area is 117 Å². The number of esters is 1. The van der Waals surface area contributed by atoms with E-state index in [9.17, 15) is 9.59 Å². The van der Waals surface area contributed by atoms with E-state index in [-0.39, 0.29) is 18.5 Å². The second-order valence-electron chi connectivity index (χ2n) is 4.20. The molecule has 1 aromatic heterocycles. The standard InChI is InChI=1S/C13H17ClN2O3/c1-4-19-12(17)8-16(9(2)3)13(18)10-5-6-11(14)15-7-10/h5-7,9H,4,8H2,1-3H3. The van der Waals surface area contributed by atoms with Gasteiger partial charge in [-0.1, -0.05) is 11.6 Å². The summed E-state index contributed by atoms with van der Waals surface area (Å²) in [6.07, 6.45) is 1.39. The fourth-order valence-electron chi connectivity index (χ4n) is 1.50. The third-order valence-electron chi connectivity index (χ3n) is 2.46. The summed E-state index contributed by atoms with van der Waals surface area (Å²) >= 11 is 5.67. The molecule has 0 saturated carbocycles. The molecule has 0 aliphatic carbocycles. The number of rotatable bonds is 5. The van der Waals surface area contributed by atoms with Crippen LogP contribution in [-0.4, -0.2) is 41.0 Å². The Morgan fingerprint density at radius 1 is 1.42 bits per heavy atom.